The summed E-state index contributed by atoms with van der Waals surface area (Å²) in [6, 6.07) is 9.08. The van der Waals surface area contributed by atoms with Gasteiger partial charge < -0.3 is 4.90 Å². The molecule has 0 saturated heterocycles. The van der Waals surface area contributed by atoms with Crippen molar-refractivity contribution in [1.29, 1.82) is 0 Å². The first-order chi connectivity index (χ1) is 9.02. The predicted octanol–water partition coefficient (Wildman–Crippen LogP) is 2.28. The zero-order chi connectivity index (χ0) is 14.0. The monoisotopic (exact) mass is 261 g/mol. The molecule has 0 saturated carbocycles. The highest BCUT2D eigenvalue weighted by molar-refractivity contribution is 5.40. The van der Waals surface area contributed by atoms with Gasteiger partial charge in [0.05, 0.1) is 0 Å². The Bertz CT molecular complexity index is 430. The Morgan fingerprint density at radius 1 is 1.42 bits per heavy atom. The SMILES string of the molecule is CCC(C)(C(CC1Cc2ccccc21)NN)N(C)C. The number of hydrogen-bond donors (Lipinski definition) is 2. The smallest absolute Gasteiger partial charge is 0.0397 e. The molecule has 3 heteroatoms. The minimum Gasteiger partial charge on any atom is -0.302 e. The van der Waals surface area contributed by atoms with E-state index in [0.29, 0.717) is 12.0 Å². The zero-order valence-corrected chi connectivity index (χ0v) is 12.6. The van der Waals surface area contributed by atoms with Crippen LogP contribution in [0.25, 0.3) is 0 Å². The van der Waals surface area contributed by atoms with Crippen LogP contribution in [0.2, 0.25) is 0 Å². The van der Waals surface area contributed by atoms with Gasteiger partial charge in [-0.05, 0) is 57.3 Å². The van der Waals surface area contributed by atoms with E-state index in [2.05, 4.69) is 62.5 Å². The van der Waals surface area contributed by atoms with Crippen molar-refractivity contribution in [2.24, 2.45) is 5.84 Å². The lowest BCUT2D eigenvalue weighted by molar-refractivity contribution is 0.102. The normalized spacial score (nSPS) is 22.5. The molecule has 1 aromatic carbocycles. The number of benzene rings is 1. The third-order valence-electron chi connectivity index (χ3n) is 5.17. The summed E-state index contributed by atoms with van der Waals surface area (Å²) >= 11 is 0. The lowest BCUT2D eigenvalue weighted by atomic mass is 9.71. The standard InChI is InChI=1S/C16H27N3/c1-5-16(2,19(3)4)15(18-17)11-13-10-12-8-6-7-9-14(12)13/h6-9,13,15,18H,5,10-11,17H2,1-4H3. The van der Waals surface area contributed by atoms with Gasteiger partial charge in [0.15, 0.2) is 0 Å². The van der Waals surface area contributed by atoms with Crippen LogP contribution in [-0.4, -0.2) is 30.6 Å². The Morgan fingerprint density at radius 2 is 2.11 bits per heavy atom. The fourth-order valence-corrected chi connectivity index (χ4v) is 3.23. The molecule has 0 aromatic heterocycles. The average Bonchev–Trinajstić information content (AvgIpc) is 2.39. The van der Waals surface area contributed by atoms with Crippen LogP contribution in [0.1, 0.15) is 43.7 Å². The summed E-state index contributed by atoms with van der Waals surface area (Å²) in [7, 11) is 4.28. The number of nitrogens with one attached hydrogen (secondary N) is 1. The Hall–Kier alpha value is -0.900. The molecule has 1 aliphatic carbocycles. The molecule has 3 atom stereocenters. The Kier molecular flexibility index (Phi) is 4.29. The maximum Gasteiger partial charge on any atom is 0.0397 e. The summed E-state index contributed by atoms with van der Waals surface area (Å²) in [5.74, 6) is 6.50. The van der Waals surface area contributed by atoms with E-state index >= 15 is 0 Å². The second kappa shape index (κ2) is 5.61. The maximum absolute atomic E-state index is 5.84. The molecule has 0 radical (unpaired) electrons. The summed E-state index contributed by atoms with van der Waals surface area (Å²) in [6.45, 7) is 4.53. The van der Waals surface area contributed by atoms with E-state index < -0.39 is 0 Å². The van der Waals surface area contributed by atoms with E-state index in [9.17, 15) is 0 Å². The summed E-state index contributed by atoms with van der Waals surface area (Å²) < 4.78 is 0. The minimum absolute atomic E-state index is 0.0965. The molecule has 2 rings (SSSR count). The van der Waals surface area contributed by atoms with Crippen LogP contribution in [0.3, 0.4) is 0 Å². The van der Waals surface area contributed by atoms with Gasteiger partial charge in [-0.25, -0.2) is 0 Å². The lowest BCUT2D eigenvalue weighted by Crippen LogP contribution is -2.59. The van der Waals surface area contributed by atoms with Crippen LogP contribution in [0.15, 0.2) is 24.3 Å². The zero-order valence-electron chi connectivity index (χ0n) is 12.6. The fourth-order valence-electron chi connectivity index (χ4n) is 3.23. The first kappa shape index (κ1) is 14.5. The number of rotatable bonds is 6. The molecule has 0 amide bonds. The van der Waals surface area contributed by atoms with Crippen LogP contribution in [0.5, 0.6) is 0 Å². The van der Waals surface area contributed by atoms with Gasteiger partial charge in [0.25, 0.3) is 0 Å². The van der Waals surface area contributed by atoms with Crippen LogP contribution in [-0.2, 0) is 6.42 Å². The molecule has 0 bridgehead atoms. The largest absolute Gasteiger partial charge is 0.302 e. The molecular formula is C16H27N3. The second-order valence-electron chi connectivity index (χ2n) is 6.16. The Morgan fingerprint density at radius 3 is 2.63 bits per heavy atom. The van der Waals surface area contributed by atoms with Gasteiger partial charge in [-0.1, -0.05) is 31.2 Å². The molecule has 0 fully saturated rings. The molecule has 0 spiro atoms. The van der Waals surface area contributed by atoms with E-state index in [-0.39, 0.29) is 5.54 Å². The van der Waals surface area contributed by atoms with E-state index in [0.717, 1.165) is 12.8 Å². The number of nitrogens with two attached hydrogens (primary N) is 1. The molecule has 3 N–H and O–H groups in total. The lowest BCUT2D eigenvalue weighted by Gasteiger charge is -2.45. The first-order valence-corrected chi connectivity index (χ1v) is 7.24. The van der Waals surface area contributed by atoms with Crippen molar-refractivity contribution >= 4 is 0 Å². The van der Waals surface area contributed by atoms with Gasteiger partial charge in [0, 0.05) is 11.6 Å². The summed E-state index contributed by atoms with van der Waals surface area (Å²) in [4.78, 5) is 2.29. The molecule has 3 nitrogen and oxygen atoms in total. The molecule has 19 heavy (non-hydrogen) atoms. The van der Waals surface area contributed by atoms with E-state index in [1.165, 1.54) is 17.5 Å². The van der Waals surface area contributed by atoms with E-state index in [1.807, 2.05) is 0 Å². The number of hydrazine groups is 1. The van der Waals surface area contributed by atoms with Crippen molar-refractivity contribution in [2.45, 2.75) is 50.6 Å². The van der Waals surface area contributed by atoms with Gasteiger partial charge in [-0.2, -0.15) is 0 Å². The summed E-state index contributed by atoms with van der Waals surface area (Å²) in [5.41, 5.74) is 6.18. The van der Waals surface area contributed by atoms with Gasteiger partial charge >= 0.3 is 0 Å². The quantitative estimate of drug-likeness (QED) is 0.610. The van der Waals surface area contributed by atoms with Crippen molar-refractivity contribution in [3.8, 4) is 0 Å². The highest BCUT2D eigenvalue weighted by atomic mass is 15.3. The number of fused-ring (bicyclic) bond motifs is 1. The highest BCUT2D eigenvalue weighted by Gasteiger charge is 2.38. The topological polar surface area (TPSA) is 41.3 Å². The van der Waals surface area contributed by atoms with Crippen LogP contribution in [0, 0.1) is 0 Å². The third-order valence-corrected chi connectivity index (χ3v) is 5.17. The predicted molar refractivity (Wildman–Crippen MR) is 81.0 cm³/mol. The van der Waals surface area contributed by atoms with Gasteiger partial charge in [-0.3, -0.25) is 11.3 Å². The maximum atomic E-state index is 5.84. The van der Waals surface area contributed by atoms with Crippen LogP contribution in [0.4, 0.5) is 0 Å². The van der Waals surface area contributed by atoms with Crippen molar-refractivity contribution in [2.75, 3.05) is 14.1 Å². The molecule has 106 valence electrons. The minimum atomic E-state index is 0.0965. The molecule has 0 aliphatic heterocycles. The molecule has 1 aromatic rings. The second-order valence-corrected chi connectivity index (χ2v) is 6.16. The van der Waals surface area contributed by atoms with Gasteiger partial charge in [0.1, 0.15) is 0 Å². The van der Waals surface area contributed by atoms with Crippen molar-refractivity contribution in [3.05, 3.63) is 35.4 Å². The fraction of sp³-hybridized carbons (Fsp3) is 0.625. The van der Waals surface area contributed by atoms with Crippen LogP contribution < -0.4 is 11.3 Å². The third kappa shape index (κ3) is 2.55. The van der Waals surface area contributed by atoms with Crippen LogP contribution >= 0.6 is 0 Å². The van der Waals surface area contributed by atoms with Gasteiger partial charge in [-0.15, -0.1) is 0 Å². The van der Waals surface area contributed by atoms with Crippen molar-refractivity contribution < 1.29 is 0 Å². The molecule has 1 aliphatic rings. The number of hydrogen-bond acceptors (Lipinski definition) is 3. The highest BCUT2D eigenvalue weighted by Crippen LogP contribution is 2.40. The van der Waals surface area contributed by atoms with E-state index in [1.54, 1.807) is 0 Å². The Labute approximate surface area is 117 Å². The van der Waals surface area contributed by atoms with Crippen molar-refractivity contribution in [3.63, 3.8) is 0 Å². The van der Waals surface area contributed by atoms with E-state index in [4.69, 9.17) is 5.84 Å². The summed E-state index contributed by atoms with van der Waals surface area (Å²) in [5, 5.41) is 0. The first-order valence-electron chi connectivity index (χ1n) is 7.24. The molecule has 3 unspecified atom stereocenters. The molecule has 0 heterocycles. The molecular weight excluding hydrogens is 234 g/mol. The summed E-state index contributed by atoms with van der Waals surface area (Å²) in [6.07, 6.45) is 3.39. The number of likely N-dealkylation sites (N-methyl/N-ethyl adjacent to an activating group) is 1. The average molecular weight is 261 g/mol. The van der Waals surface area contributed by atoms with Gasteiger partial charge in [0.2, 0.25) is 0 Å². The van der Waals surface area contributed by atoms with Crippen molar-refractivity contribution in [1.82, 2.24) is 10.3 Å². The number of nitrogens with zero attached hydrogens (tertiary/aromatic N) is 1. The Balaban J connectivity index is 2.09.